The van der Waals surface area contributed by atoms with Gasteiger partial charge in [-0.05, 0) is 25.8 Å². The van der Waals surface area contributed by atoms with E-state index in [0.29, 0.717) is 13.0 Å². The Morgan fingerprint density at radius 3 is 2.88 bits per heavy atom. The van der Waals surface area contributed by atoms with Gasteiger partial charge in [0.1, 0.15) is 0 Å². The predicted octanol–water partition coefficient (Wildman–Crippen LogP) is 1.39. The molecule has 1 aromatic carbocycles. The predicted molar refractivity (Wildman–Crippen MR) is 66.2 cm³/mol. The number of hydrogen-bond donors (Lipinski definition) is 2. The van der Waals surface area contributed by atoms with Crippen molar-refractivity contribution >= 4 is 5.91 Å². The average Bonchev–Trinajstić information content (AvgIpc) is 2.16. The quantitative estimate of drug-likeness (QED) is 0.788. The Hall–Kier alpha value is -1.35. The lowest BCUT2D eigenvalue weighted by Crippen LogP contribution is -2.31. The van der Waals surface area contributed by atoms with E-state index in [1.54, 1.807) is 0 Å². The average molecular weight is 220 g/mol. The molecule has 1 rings (SSSR count). The number of hydrogen-bond acceptors (Lipinski definition) is 2. The van der Waals surface area contributed by atoms with Gasteiger partial charge in [-0.25, -0.2) is 0 Å². The molecule has 0 saturated heterocycles. The zero-order chi connectivity index (χ0) is 12.0. The van der Waals surface area contributed by atoms with Crippen LogP contribution in [0.4, 0.5) is 0 Å². The first-order chi connectivity index (χ1) is 7.58. The number of nitrogens with one attached hydrogen (secondary N) is 1. The van der Waals surface area contributed by atoms with Gasteiger partial charge in [0.05, 0.1) is 0 Å². The zero-order valence-electron chi connectivity index (χ0n) is 9.99. The minimum Gasteiger partial charge on any atom is -0.356 e. The molecule has 88 valence electrons. The molecule has 0 aliphatic carbocycles. The molecule has 3 N–H and O–H groups in total. The Balaban J connectivity index is 2.28. The highest BCUT2D eigenvalue weighted by molar-refractivity contribution is 5.76. The molecule has 0 aliphatic heterocycles. The third-order valence-corrected chi connectivity index (χ3v) is 2.33. The molecule has 0 aliphatic rings. The Bertz CT molecular complexity index is 348. The lowest BCUT2D eigenvalue weighted by molar-refractivity contribution is -0.121. The highest BCUT2D eigenvalue weighted by Crippen LogP contribution is 2.03. The van der Waals surface area contributed by atoms with Crippen molar-refractivity contribution in [1.82, 2.24) is 5.32 Å². The summed E-state index contributed by atoms with van der Waals surface area (Å²) >= 11 is 0. The molecule has 0 bridgehead atoms. The lowest BCUT2D eigenvalue weighted by Gasteiger charge is -2.07. The third-order valence-electron chi connectivity index (χ3n) is 2.33. The van der Waals surface area contributed by atoms with Crippen LogP contribution < -0.4 is 11.1 Å². The molecular formula is C13H20N2O. The summed E-state index contributed by atoms with van der Waals surface area (Å²) in [6, 6.07) is 8.24. The second-order valence-corrected chi connectivity index (χ2v) is 4.27. The van der Waals surface area contributed by atoms with Crippen LogP contribution in [0.1, 0.15) is 24.5 Å². The van der Waals surface area contributed by atoms with Crippen molar-refractivity contribution in [2.45, 2.75) is 32.7 Å². The third kappa shape index (κ3) is 4.94. The molecule has 1 atom stereocenters. The number of carbonyl (C=O) groups is 1. The number of carbonyl (C=O) groups excluding carboxylic acids is 1. The summed E-state index contributed by atoms with van der Waals surface area (Å²) in [5, 5.41) is 2.86. The fraction of sp³-hybridized carbons (Fsp3) is 0.462. The molecule has 1 aromatic rings. The number of rotatable bonds is 5. The second-order valence-electron chi connectivity index (χ2n) is 4.27. The molecule has 0 heterocycles. The van der Waals surface area contributed by atoms with E-state index in [2.05, 4.69) is 30.4 Å². The van der Waals surface area contributed by atoms with Crippen LogP contribution in [0.3, 0.4) is 0 Å². The van der Waals surface area contributed by atoms with Gasteiger partial charge in [0.15, 0.2) is 0 Å². The summed E-state index contributed by atoms with van der Waals surface area (Å²) < 4.78 is 0. The topological polar surface area (TPSA) is 55.1 Å². The first-order valence-electron chi connectivity index (χ1n) is 5.66. The Labute approximate surface area is 97.0 Å². The Morgan fingerprint density at radius 2 is 2.25 bits per heavy atom. The highest BCUT2D eigenvalue weighted by atomic mass is 16.1. The number of nitrogens with two attached hydrogens (primary N) is 1. The van der Waals surface area contributed by atoms with Gasteiger partial charge in [-0.15, -0.1) is 0 Å². The zero-order valence-corrected chi connectivity index (χ0v) is 9.99. The van der Waals surface area contributed by atoms with Gasteiger partial charge in [-0.2, -0.15) is 0 Å². The number of amides is 1. The van der Waals surface area contributed by atoms with Crippen LogP contribution in [0.5, 0.6) is 0 Å². The van der Waals surface area contributed by atoms with Gasteiger partial charge in [0.25, 0.3) is 0 Å². The van der Waals surface area contributed by atoms with Gasteiger partial charge in [0, 0.05) is 19.0 Å². The summed E-state index contributed by atoms with van der Waals surface area (Å²) in [6.07, 6.45) is 1.26. The van der Waals surface area contributed by atoms with Gasteiger partial charge < -0.3 is 11.1 Å². The summed E-state index contributed by atoms with van der Waals surface area (Å²) in [5.74, 6) is 0.0302. The van der Waals surface area contributed by atoms with Crippen molar-refractivity contribution in [3.05, 3.63) is 35.4 Å². The first-order valence-corrected chi connectivity index (χ1v) is 5.66. The van der Waals surface area contributed by atoms with Crippen molar-refractivity contribution in [3.8, 4) is 0 Å². The van der Waals surface area contributed by atoms with Crippen LogP contribution in [-0.4, -0.2) is 18.5 Å². The van der Waals surface area contributed by atoms with E-state index in [9.17, 15) is 4.79 Å². The molecule has 3 heteroatoms. The molecule has 0 radical (unpaired) electrons. The van der Waals surface area contributed by atoms with E-state index < -0.39 is 0 Å². The van der Waals surface area contributed by atoms with E-state index in [1.165, 1.54) is 11.1 Å². The SMILES string of the molecule is Cc1cccc(CCNC(=O)CC(C)N)c1. The van der Waals surface area contributed by atoms with Gasteiger partial charge >= 0.3 is 0 Å². The maximum Gasteiger partial charge on any atom is 0.221 e. The van der Waals surface area contributed by atoms with E-state index >= 15 is 0 Å². The molecule has 16 heavy (non-hydrogen) atoms. The van der Waals surface area contributed by atoms with Gasteiger partial charge in [0.2, 0.25) is 5.91 Å². The molecule has 0 fully saturated rings. The van der Waals surface area contributed by atoms with Crippen molar-refractivity contribution in [2.24, 2.45) is 5.73 Å². The van der Waals surface area contributed by atoms with Crippen LogP contribution >= 0.6 is 0 Å². The van der Waals surface area contributed by atoms with E-state index in [4.69, 9.17) is 5.73 Å². The molecule has 1 amide bonds. The summed E-state index contributed by atoms with van der Waals surface area (Å²) in [5.41, 5.74) is 8.04. The monoisotopic (exact) mass is 220 g/mol. The maximum absolute atomic E-state index is 11.3. The van der Waals surface area contributed by atoms with Crippen molar-refractivity contribution in [1.29, 1.82) is 0 Å². The van der Waals surface area contributed by atoms with Gasteiger partial charge in [-0.1, -0.05) is 29.8 Å². The highest BCUT2D eigenvalue weighted by Gasteiger charge is 2.03. The van der Waals surface area contributed by atoms with E-state index in [-0.39, 0.29) is 11.9 Å². The van der Waals surface area contributed by atoms with Crippen molar-refractivity contribution in [2.75, 3.05) is 6.54 Å². The van der Waals surface area contributed by atoms with Crippen LogP contribution in [0, 0.1) is 6.92 Å². The minimum atomic E-state index is -0.0704. The van der Waals surface area contributed by atoms with Crippen molar-refractivity contribution < 1.29 is 4.79 Å². The fourth-order valence-corrected chi connectivity index (χ4v) is 1.58. The summed E-state index contributed by atoms with van der Waals surface area (Å²) in [4.78, 5) is 11.3. The van der Waals surface area contributed by atoms with Crippen molar-refractivity contribution in [3.63, 3.8) is 0 Å². The van der Waals surface area contributed by atoms with Crippen LogP contribution in [0.25, 0.3) is 0 Å². The normalized spacial score (nSPS) is 12.2. The fourth-order valence-electron chi connectivity index (χ4n) is 1.58. The van der Waals surface area contributed by atoms with E-state index in [1.807, 2.05) is 13.0 Å². The first kappa shape index (κ1) is 12.7. The molecule has 0 spiro atoms. The van der Waals surface area contributed by atoms with Crippen LogP contribution in [0.15, 0.2) is 24.3 Å². The summed E-state index contributed by atoms with van der Waals surface area (Å²) in [6.45, 7) is 4.58. The lowest BCUT2D eigenvalue weighted by atomic mass is 10.1. The smallest absolute Gasteiger partial charge is 0.221 e. The molecule has 0 aromatic heterocycles. The standard InChI is InChI=1S/C13H20N2O/c1-10-4-3-5-12(8-10)6-7-15-13(16)9-11(2)14/h3-5,8,11H,6-7,9,14H2,1-2H3,(H,15,16). The van der Waals surface area contributed by atoms with Crippen LogP contribution in [0.2, 0.25) is 0 Å². The number of benzene rings is 1. The maximum atomic E-state index is 11.3. The minimum absolute atomic E-state index is 0.0302. The number of aryl methyl sites for hydroxylation is 1. The molecule has 0 saturated carbocycles. The Morgan fingerprint density at radius 1 is 1.50 bits per heavy atom. The van der Waals surface area contributed by atoms with E-state index in [0.717, 1.165) is 6.42 Å². The Kier molecular flexibility index (Phi) is 4.99. The summed E-state index contributed by atoms with van der Waals surface area (Å²) in [7, 11) is 0. The van der Waals surface area contributed by atoms with Crippen LogP contribution in [-0.2, 0) is 11.2 Å². The molecule has 1 unspecified atom stereocenters. The molecule has 3 nitrogen and oxygen atoms in total. The molecular weight excluding hydrogens is 200 g/mol. The largest absolute Gasteiger partial charge is 0.356 e. The second kappa shape index (κ2) is 6.28. The van der Waals surface area contributed by atoms with Gasteiger partial charge in [-0.3, -0.25) is 4.79 Å².